The molecular weight excluding hydrogens is 490 g/mol. The third-order valence-electron chi connectivity index (χ3n) is 5.24. The summed E-state index contributed by atoms with van der Waals surface area (Å²) in [5, 5.41) is 15.7. The minimum Gasteiger partial charge on any atom is -0.480 e. The number of anilines is 1. The van der Waals surface area contributed by atoms with Crippen LogP contribution in [0.15, 0.2) is 29.2 Å². The molecule has 0 aliphatic rings. The van der Waals surface area contributed by atoms with Crippen molar-refractivity contribution >= 4 is 11.6 Å². The van der Waals surface area contributed by atoms with Crippen LogP contribution in [-0.4, -0.2) is 49.7 Å². The minimum absolute atomic E-state index is 0.0276. The van der Waals surface area contributed by atoms with E-state index in [0.717, 1.165) is 10.6 Å². The van der Waals surface area contributed by atoms with E-state index in [0.29, 0.717) is 23.2 Å². The summed E-state index contributed by atoms with van der Waals surface area (Å²) in [4.78, 5) is 29.7. The number of aliphatic hydroxyl groups excluding tert-OH is 1. The van der Waals surface area contributed by atoms with Crippen molar-refractivity contribution in [2.24, 2.45) is 0 Å². The third kappa shape index (κ3) is 5.17. The predicted octanol–water partition coefficient (Wildman–Crippen LogP) is 2.98. The molecule has 2 heterocycles. The molecule has 0 fully saturated rings. The molecule has 2 aromatic heterocycles. The number of rotatable bonds is 8. The number of hydrogen-bond donors (Lipinski definition) is 2. The second kappa shape index (κ2) is 10.4. The van der Waals surface area contributed by atoms with Crippen LogP contribution in [0.1, 0.15) is 35.6 Å². The van der Waals surface area contributed by atoms with Crippen molar-refractivity contribution in [3.63, 3.8) is 0 Å². The highest BCUT2D eigenvalue weighted by atomic mass is 19.4. The lowest BCUT2D eigenvalue weighted by Gasteiger charge is -2.21. The van der Waals surface area contributed by atoms with Crippen molar-refractivity contribution in [1.29, 1.82) is 0 Å². The van der Waals surface area contributed by atoms with Crippen LogP contribution in [0.2, 0.25) is 0 Å². The first-order valence-corrected chi connectivity index (χ1v) is 10.6. The number of benzene rings is 1. The number of nitrogens with zero attached hydrogens (tertiary/aromatic N) is 4. The fourth-order valence-corrected chi connectivity index (χ4v) is 3.29. The van der Waals surface area contributed by atoms with Crippen LogP contribution in [0.3, 0.4) is 0 Å². The average Bonchev–Trinajstić information content (AvgIpc) is 3.15. The molecular formula is C22H23F4N5O5. The number of aliphatic hydroxyl groups is 1. The van der Waals surface area contributed by atoms with Crippen LogP contribution in [0, 0.1) is 12.7 Å². The number of aryl methyl sites for hydroxylation is 1. The van der Waals surface area contributed by atoms with E-state index in [9.17, 15) is 27.9 Å². The molecule has 14 heteroatoms. The zero-order valence-corrected chi connectivity index (χ0v) is 19.7. The van der Waals surface area contributed by atoms with Gasteiger partial charge in [-0.15, -0.1) is 5.10 Å². The molecule has 0 saturated heterocycles. The number of pyridine rings is 1. The number of carbonyl (C=O) groups is 1. The smallest absolute Gasteiger partial charge is 0.425 e. The van der Waals surface area contributed by atoms with Crippen LogP contribution in [0.25, 0.3) is 5.69 Å². The van der Waals surface area contributed by atoms with Gasteiger partial charge in [-0.1, -0.05) is 0 Å². The number of nitrogens with one attached hydrogen (secondary N) is 1. The zero-order chi connectivity index (χ0) is 26.8. The molecule has 1 aromatic carbocycles. The standard InChI is InChI=1S/C22H23F4N5O5/c1-5-30-17(10-32)29-31(21(30)34)15-9-16(36-12(3)22(24,25)26)13(8-14(15)23)19(33)28-18-11(2)6-7-27-20(18)35-4/h6-9,12,32H,5,10H2,1-4H3,(H,28,33)/t12-/m0/s1. The molecule has 1 amide bonds. The summed E-state index contributed by atoms with van der Waals surface area (Å²) in [6, 6.07) is 2.97. The van der Waals surface area contributed by atoms with Crippen LogP contribution >= 0.6 is 0 Å². The van der Waals surface area contributed by atoms with Gasteiger partial charge in [0.2, 0.25) is 5.88 Å². The van der Waals surface area contributed by atoms with Crippen molar-refractivity contribution in [2.45, 2.75) is 46.2 Å². The maximum absolute atomic E-state index is 15.2. The van der Waals surface area contributed by atoms with Crippen molar-refractivity contribution in [3.8, 4) is 17.3 Å². The lowest BCUT2D eigenvalue weighted by atomic mass is 10.1. The molecule has 2 N–H and O–H groups in total. The number of amides is 1. The third-order valence-corrected chi connectivity index (χ3v) is 5.24. The van der Waals surface area contributed by atoms with Crippen molar-refractivity contribution < 1.29 is 36.9 Å². The number of halogens is 4. The Morgan fingerprint density at radius 1 is 1.31 bits per heavy atom. The van der Waals surface area contributed by atoms with Gasteiger partial charge in [0, 0.05) is 18.8 Å². The van der Waals surface area contributed by atoms with Gasteiger partial charge in [0.1, 0.15) is 29.5 Å². The first-order valence-electron chi connectivity index (χ1n) is 10.6. The van der Waals surface area contributed by atoms with Gasteiger partial charge in [-0.2, -0.15) is 17.9 Å². The highest BCUT2D eigenvalue weighted by Crippen LogP contribution is 2.32. The lowest BCUT2D eigenvalue weighted by molar-refractivity contribution is -0.189. The molecule has 0 aliphatic carbocycles. The van der Waals surface area contributed by atoms with E-state index >= 15 is 4.39 Å². The highest BCUT2D eigenvalue weighted by molar-refractivity contribution is 6.07. The van der Waals surface area contributed by atoms with Crippen LogP contribution in [0.5, 0.6) is 11.6 Å². The van der Waals surface area contributed by atoms with E-state index in [1.54, 1.807) is 19.9 Å². The number of ether oxygens (including phenoxy) is 2. The van der Waals surface area contributed by atoms with Gasteiger partial charge >= 0.3 is 11.9 Å². The molecule has 0 unspecified atom stereocenters. The fraction of sp³-hybridized carbons (Fsp3) is 0.364. The van der Waals surface area contributed by atoms with E-state index in [4.69, 9.17) is 9.47 Å². The summed E-state index contributed by atoms with van der Waals surface area (Å²) in [6.07, 6.45) is -5.77. The second-order valence-electron chi connectivity index (χ2n) is 7.58. The van der Waals surface area contributed by atoms with Crippen molar-refractivity contribution in [3.05, 3.63) is 57.6 Å². The van der Waals surface area contributed by atoms with Gasteiger partial charge in [-0.25, -0.2) is 14.2 Å². The first kappa shape index (κ1) is 26.7. The Morgan fingerprint density at radius 3 is 2.56 bits per heavy atom. The van der Waals surface area contributed by atoms with E-state index in [1.807, 2.05) is 0 Å². The van der Waals surface area contributed by atoms with Gasteiger partial charge in [-0.3, -0.25) is 9.36 Å². The maximum Gasteiger partial charge on any atom is 0.425 e. The lowest BCUT2D eigenvalue weighted by Crippen LogP contribution is -2.32. The molecule has 1 atom stereocenters. The van der Waals surface area contributed by atoms with Gasteiger partial charge in [-0.05, 0) is 38.5 Å². The molecule has 3 aromatic rings. The Bertz CT molecular complexity index is 1340. The normalized spacial score (nSPS) is 12.4. The number of methoxy groups -OCH3 is 1. The average molecular weight is 513 g/mol. The summed E-state index contributed by atoms with van der Waals surface area (Å²) in [6.45, 7) is 3.38. The Morgan fingerprint density at radius 2 is 2.00 bits per heavy atom. The SMILES string of the molecule is CCn1c(CO)nn(-c2cc(O[C@@H](C)C(F)(F)F)c(C(=O)Nc3c(C)ccnc3OC)cc2F)c1=O. The van der Waals surface area contributed by atoms with E-state index in [1.165, 1.54) is 13.3 Å². The molecule has 0 saturated carbocycles. The first-order chi connectivity index (χ1) is 16.9. The Labute approximate surface area is 202 Å². The van der Waals surface area contributed by atoms with Gasteiger partial charge in [0.15, 0.2) is 11.9 Å². The van der Waals surface area contributed by atoms with Gasteiger partial charge in [0.05, 0.1) is 12.7 Å². The van der Waals surface area contributed by atoms with E-state index < -0.39 is 53.3 Å². The quantitative estimate of drug-likeness (QED) is 0.445. The summed E-state index contributed by atoms with van der Waals surface area (Å²) >= 11 is 0. The van der Waals surface area contributed by atoms with Crippen LogP contribution in [0.4, 0.5) is 23.2 Å². The summed E-state index contributed by atoms with van der Waals surface area (Å²) < 4.78 is 66.7. The maximum atomic E-state index is 15.2. The predicted molar refractivity (Wildman–Crippen MR) is 119 cm³/mol. The molecule has 36 heavy (non-hydrogen) atoms. The largest absolute Gasteiger partial charge is 0.480 e. The van der Waals surface area contributed by atoms with Gasteiger partial charge in [0.25, 0.3) is 5.91 Å². The Balaban J connectivity index is 2.16. The fourth-order valence-electron chi connectivity index (χ4n) is 3.29. The Kier molecular flexibility index (Phi) is 7.67. The summed E-state index contributed by atoms with van der Waals surface area (Å²) in [5.41, 5.74) is -1.36. The molecule has 0 bridgehead atoms. The molecule has 194 valence electrons. The number of carbonyl (C=O) groups excluding carboxylic acids is 1. The van der Waals surface area contributed by atoms with Crippen molar-refractivity contribution in [1.82, 2.24) is 19.3 Å². The number of hydrogen-bond acceptors (Lipinski definition) is 7. The van der Waals surface area contributed by atoms with Gasteiger partial charge < -0.3 is 19.9 Å². The van der Waals surface area contributed by atoms with Crippen LogP contribution in [-0.2, 0) is 13.2 Å². The zero-order valence-electron chi connectivity index (χ0n) is 19.7. The van der Waals surface area contributed by atoms with E-state index in [2.05, 4.69) is 15.4 Å². The van der Waals surface area contributed by atoms with E-state index in [-0.39, 0.29) is 23.9 Å². The summed E-state index contributed by atoms with van der Waals surface area (Å²) in [5.74, 6) is -2.87. The number of alkyl halides is 3. The molecule has 0 spiro atoms. The monoisotopic (exact) mass is 513 g/mol. The molecule has 0 radical (unpaired) electrons. The highest BCUT2D eigenvalue weighted by Gasteiger charge is 2.39. The second-order valence-corrected chi connectivity index (χ2v) is 7.58. The topological polar surface area (TPSA) is 120 Å². The van der Waals surface area contributed by atoms with Crippen molar-refractivity contribution in [2.75, 3.05) is 12.4 Å². The Hall–Kier alpha value is -3.94. The summed E-state index contributed by atoms with van der Waals surface area (Å²) in [7, 11) is 1.30. The number of aromatic nitrogens is 4. The molecule has 3 rings (SSSR count). The molecule has 0 aliphatic heterocycles. The van der Waals surface area contributed by atoms with Crippen LogP contribution < -0.4 is 20.5 Å². The molecule has 10 nitrogen and oxygen atoms in total. The minimum atomic E-state index is -4.81.